The Kier molecular flexibility index (Phi) is 5.86. The number of nitrogens with zero attached hydrogens (tertiary/aromatic N) is 2. The van der Waals surface area contributed by atoms with E-state index in [-0.39, 0.29) is 36.1 Å². The summed E-state index contributed by atoms with van der Waals surface area (Å²) >= 11 is 0. The van der Waals surface area contributed by atoms with E-state index >= 15 is 0 Å². The number of carbonyl (C=O) groups is 1. The Morgan fingerprint density at radius 2 is 1.37 bits per heavy atom. The molecule has 8 heteroatoms. The molecule has 1 amide bonds. The summed E-state index contributed by atoms with van der Waals surface area (Å²) in [5, 5.41) is 0. The van der Waals surface area contributed by atoms with Gasteiger partial charge >= 0.3 is 0 Å². The van der Waals surface area contributed by atoms with Crippen molar-refractivity contribution in [2.75, 3.05) is 26.2 Å². The zero-order valence-electron chi connectivity index (χ0n) is 14.6. The van der Waals surface area contributed by atoms with Crippen molar-refractivity contribution in [3.63, 3.8) is 0 Å². The van der Waals surface area contributed by atoms with Crippen LogP contribution in [0, 0.1) is 11.6 Å². The summed E-state index contributed by atoms with van der Waals surface area (Å²) in [7, 11) is -3.69. The number of amides is 1. The largest absolute Gasteiger partial charge is 0.340 e. The molecule has 2 aromatic carbocycles. The lowest BCUT2D eigenvalue weighted by atomic mass is 10.1. The lowest BCUT2D eigenvalue weighted by Gasteiger charge is -2.34. The first-order chi connectivity index (χ1) is 12.9. The van der Waals surface area contributed by atoms with Crippen LogP contribution in [0.1, 0.15) is 12.0 Å². The smallest absolute Gasteiger partial charge is 0.243 e. The molecule has 0 N–H and O–H groups in total. The van der Waals surface area contributed by atoms with E-state index in [2.05, 4.69) is 0 Å². The van der Waals surface area contributed by atoms with Crippen molar-refractivity contribution in [1.82, 2.24) is 9.21 Å². The van der Waals surface area contributed by atoms with Gasteiger partial charge in [0.05, 0.1) is 4.90 Å². The minimum atomic E-state index is -3.69. The summed E-state index contributed by atoms with van der Waals surface area (Å²) in [5.74, 6) is -0.868. The van der Waals surface area contributed by atoms with Gasteiger partial charge in [-0.15, -0.1) is 0 Å². The molecule has 0 unspecified atom stereocenters. The van der Waals surface area contributed by atoms with Gasteiger partial charge in [0.1, 0.15) is 11.6 Å². The Morgan fingerprint density at radius 3 is 1.93 bits per heavy atom. The van der Waals surface area contributed by atoms with Crippen molar-refractivity contribution in [3.05, 3.63) is 65.7 Å². The first-order valence-electron chi connectivity index (χ1n) is 8.64. The van der Waals surface area contributed by atoms with E-state index in [0.717, 1.165) is 17.7 Å². The molecular formula is C19H20F2N2O3S. The highest BCUT2D eigenvalue weighted by Gasteiger charge is 2.29. The Labute approximate surface area is 157 Å². The predicted octanol–water partition coefficient (Wildman–Crippen LogP) is 2.43. The molecule has 1 fully saturated rings. The van der Waals surface area contributed by atoms with Gasteiger partial charge in [0, 0.05) is 32.6 Å². The normalized spacial score (nSPS) is 15.7. The summed E-state index contributed by atoms with van der Waals surface area (Å²) in [6.45, 7) is 1.01. The molecule has 0 aliphatic carbocycles. The van der Waals surface area contributed by atoms with Crippen LogP contribution in [-0.2, 0) is 21.2 Å². The summed E-state index contributed by atoms with van der Waals surface area (Å²) in [4.78, 5) is 14.0. The van der Waals surface area contributed by atoms with Gasteiger partial charge in [0.2, 0.25) is 15.9 Å². The first kappa shape index (κ1) is 19.4. The van der Waals surface area contributed by atoms with Crippen molar-refractivity contribution in [1.29, 1.82) is 0 Å². The SMILES string of the molecule is O=C(CCc1ccc(F)cc1)N1CCN(S(=O)(=O)c2ccc(F)cc2)CC1. The van der Waals surface area contributed by atoms with E-state index in [1.54, 1.807) is 17.0 Å². The number of aryl methyl sites for hydroxylation is 1. The van der Waals surface area contributed by atoms with E-state index in [0.29, 0.717) is 19.5 Å². The average molecular weight is 394 g/mol. The van der Waals surface area contributed by atoms with Crippen LogP contribution in [0.25, 0.3) is 0 Å². The summed E-state index contributed by atoms with van der Waals surface area (Å²) in [5.41, 5.74) is 0.877. The number of rotatable bonds is 5. The number of piperazine rings is 1. The Morgan fingerprint density at radius 1 is 0.852 bits per heavy atom. The second kappa shape index (κ2) is 8.14. The third-order valence-electron chi connectivity index (χ3n) is 4.58. The monoisotopic (exact) mass is 394 g/mol. The number of hydrogen-bond donors (Lipinski definition) is 0. The Bertz CT molecular complexity index is 892. The minimum Gasteiger partial charge on any atom is -0.340 e. The molecule has 1 aliphatic heterocycles. The van der Waals surface area contributed by atoms with Crippen LogP contribution in [0.5, 0.6) is 0 Å². The van der Waals surface area contributed by atoms with Crippen LogP contribution < -0.4 is 0 Å². The maximum atomic E-state index is 13.0. The van der Waals surface area contributed by atoms with Crippen molar-refractivity contribution in [3.8, 4) is 0 Å². The second-order valence-electron chi connectivity index (χ2n) is 6.37. The summed E-state index contributed by atoms with van der Waals surface area (Å²) < 4.78 is 52.4. The van der Waals surface area contributed by atoms with E-state index in [1.165, 1.54) is 28.6 Å². The molecular weight excluding hydrogens is 374 g/mol. The number of hydrogen-bond acceptors (Lipinski definition) is 3. The average Bonchev–Trinajstić information content (AvgIpc) is 2.68. The molecule has 0 bridgehead atoms. The molecule has 0 radical (unpaired) electrons. The molecule has 0 atom stereocenters. The van der Waals surface area contributed by atoms with E-state index < -0.39 is 15.8 Å². The lowest BCUT2D eigenvalue weighted by Crippen LogP contribution is -2.50. The van der Waals surface area contributed by atoms with Crippen molar-refractivity contribution >= 4 is 15.9 Å². The quantitative estimate of drug-likeness (QED) is 0.783. The standard InChI is InChI=1S/C19H20F2N2O3S/c20-16-4-1-15(2-5-16)3-10-19(24)22-11-13-23(14-12-22)27(25,26)18-8-6-17(21)7-9-18/h1-2,4-9H,3,10-14H2. The molecule has 27 heavy (non-hydrogen) atoms. The van der Waals surface area contributed by atoms with Gasteiger partial charge in [-0.25, -0.2) is 17.2 Å². The third-order valence-corrected chi connectivity index (χ3v) is 6.50. The van der Waals surface area contributed by atoms with Crippen LogP contribution in [0.15, 0.2) is 53.4 Å². The van der Waals surface area contributed by atoms with E-state index in [4.69, 9.17) is 0 Å². The van der Waals surface area contributed by atoms with Gasteiger partial charge in [-0.1, -0.05) is 12.1 Å². The fraction of sp³-hybridized carbons (Fsp3) is 0.316. The molecule has 2 aromatic rings. The van der Waals surface area contributed by atoms with E-state index in [9.17, 15) is 22.0 Å². The van der Waals surface area contributed by atoms with Gasteiger partial charge in [-0.05, 0) is 48.4 Å². The number of carbonyl (C=O) groups excluding carboxylic acids is 1. The molecule has 1 heterocycles. The topological polar surface area (TPSA) is 57.7 Å². The third kappa shape index (κ3) is 4.70. The van der Waals surface area contributed by atoms with Crippen molar-refractivity contribution in [2.24, 2.45) is 0 Å². The molecule has 0 saturated carbocycles. The molecule has 1 aliphatic rings. The summed E-state index contributed by atoms with van der Waals surface area (Å²) in [6, 6.07) is 10.7. The van der Waals surface area contributed by atoms with Crippen LogP contribution in [0.2, 0.25) is 0 Å². The van der Waals surface area contributed by atoms with Gasteiger partial charge in [0.25, 0.3) is 0 Å². The highest BCUT2D eigenvalue weighted by atomic mass is 32.2. The lowest BCUT2D eigenvalue weighted by molar-refractivity contribution is -0.132. The van der Waals surface area contributed by atoms with Crippen LogP contribution >= 0.6 is 0 Å². The Balaban J connectivity index is 1.54. The van der Waals surface area contributed by atoms with E-state index in [1.807, 2.05) is 0 Å². The molecule has 3 rings (SSSR count). The minimum absolute atomic E-state index is 0.0417. The zero-order chi connectivity index (χ0) is 19.4. The van der Waals surface area contributed by atoms with Gasteiger partial charge in [-0.3, -0.25) is 4.79 Å². The highest BCUT2D eigenvalue weighted by molar-refractivity contribution is 7.89. The molecule has 1 saturated heterocycles. The number of halogens is 2. The van der Waals surface area contributed by atoms with Crippen LogP contribution in [-0.4, -0.2) is 49.7 Å². The molecule has 5 nitrogen and oxygen atoms in total. The first-order valence-corrected chi connectivity index (χ1v) is 10.1. The maximum Gasteiger partial charge on any atom is 0.243 e. The van der Waals surface area contributed by atoms with Crippen LogP contribution in [0.4, 0.5) is 8.78 Å². The second-order valence-corrected chi connectivity index (χ2v) is 8.30. The summed E-state index contributed by atoms with van der Waals surface area (Å²) in [6.07, 6.45) is 0.795. The molecule has 0 aromatic heterocycles. The van der Waals surface area contributed by atoms with Crippen molar-refractivity contribution < 1.29 is 22.0 Å². The van der Waals surface area contributed by atoms with Crippen LogP contribution in [0.3, 0.4) is 0 Å². The molecule has 0 spiro atoms. The van der Waals surface area contributed by atoms with Crippen molar-refractivity contribution in [2.45, 2.75) is 17.7 Å². The number of benzene rings is 2. The maximum absolute atomic E-state index is 13.0. The molecule has 144 valence electrons. The van der Waals surface area contributed by atoms with Gasteiger partial charge in [-0.2, -0.15) is 4.31 Å². The van der Waals surface area contributed by atoms with Gasteiger partial charge in [0.15, 0.2) is 0 Å². The fourth-order valence-electron chi connectivity index (χ4n) is 2.99. The van der Waals surface area contributed by atoms with Gasteiger partial charge < -0.3 is 4.90 Å². The predicted molar refractivity (Wildman–Crippen MR) is 96.5 cm³/mol. The zero-order valence-corrected chi connectivity index (χ0v) is 15.5. The fourth-order valence-corrected chi connectivity index (χ4v) is 4.42. The highest BCUT2D eigenvalue weighted by Crippen LogP contribution is 2.18. The number of sulfonamides is 1. The Hall–Kier alpha value is -2.32.